The van der Waals surface area contributed by atoms with E-state index in [9.17, 15) is 28.9 Å². The zero-order chi connectivity index (χ0) is 25.9. The van der Waals surface area contributed by atoms with Crippen LogP contribution in [0, 0.1) is 22.9 Å². The van der Waals surface area contributed by atoms with Crippen LogP contribution in [0.4, 0.5) is 26.2 Å². The highest BCUT2D eigenvalue weighted by Gasteiger charge is 2.22. The molecule has 0 saturated carbocycles. The van der Waals surface area contributed by atoms with Crippen LogP contribution < -0.4 is 16.1 Å². The summed E-state index contributed by atoms with van der Waals surface area (Å²) in [5.41, 5.74) is -2.29. The summed E-state index contributed by atoms with van der Waals surface area (Å²) in [6.07, 6.45) is -0.841. The van der Waals surface area contributed by atoms with E-state index < -0.39 is 39.5 Å². The van der Waals surface area contributed by atoms with Crippen molar-refractivity contribution in [3.05, 3.63) is 86.1 Å². The van der Waals surface area contributed by atoms with Crippen LogP contribution in [0.1, 0.15) is 37.0 Å². The van der Waals surface area contributed by atoms with Crippen molar-refractivity contribution in [3.8, 4) is 5.69 Å². The number of para-hydroxylation sites is 2. The number of anilines is 2. The number of ether oxygens (including phenoxy) is 1. The molecule has 0 unspecified atom stereocenters. The second kappa shape index (κ2) is 9.71. The van der Waals surface area contributed by atoms with Crippen molar-refractivity contribution in [2.24, 2.45) is 0 Å². The number of aryl methyl sites for hydroxylation is 1. The van der Waals surface area contributed by atoms with Crippen molar-refractivity contribution in [2.75, 3.05) is 10.6 Å². The average Bonchev–Trinajstić information content (AvgIpc) is 2.74. The summed E-state index contributed by atoms with van der Waals surface area (Å²) >= 11 is 0. The van der Waals surface area contributed by atoms with Gasteiger partial charge in [0, 0.05) is 17.8 Å². The monoisotopic (exact) mass is 483 g/mol. The molecule has 3 aromatic rings. The first-order chi connectivity index (χ1) is 16.4. The second-order valence-corrected chi connectivity index (χ2v) is 8.43. The standard InChI is InChI=1S/C23H22FN5O6/c1-13-11-19(30)20(27-28(13)17-7-5-6-8-18(17)29(33)34)21(31)25-16-12-14(24)9-10-15(16)26-22(32)35-23(2,3)4/h5-12H,1-4H3,(H,25,31)(H,26,32). The minimum Gasteiger partial charge on any atom is -0.444 e. The van der Waals surface area contributed by atoms with Gasteiger partial charge in [-0.15, -0.1) is 0 Å². The first kappa shape index (κ1) is 25.0. The minimum absolute atomic E-state index is 0.0140. The molecular formula is C23H22FN5O6. The van der Waals surface area contributed by atoms with Crippen LogP contribution >= 0.6 is 0 Å². The van der Waals surface area contributed by atoms with E-state index in [0.29, 0.717) is 0 Å². The molecule has 11 nitrogen and oxygen atoms in total. The lowest BCUT2D eigenvalue weighted by Crippen LogP contribution is -2.29. The van der Waals surface area contributed by atoms with Crippen molar-refractivity contribution < 1.29 is 23.6 Å². The van der Waals surface area contributed by atoms with Gasteiger partial charge in [0.15, 0.2) is 5.69 Å². The van der Waals surface area contributed by atoms with Gasteiger partial charge in [0.1, 0.15) is 17.1 Å². The van der Waals surface area contributed by atoms with E-state index >= 15 is 0 Å². The van der Waals surface area contributed by atoms with E-state index in [1.165, 1.54) is 31.2 Å². The first-order valence-corrected chi connectivity index (χ1v) is 10.3. The summed E-state index contributed by atoms with van der Waals surface area (Å²) in [7, 11) is 0. The Morgan fingerprint density at radius 2 is 1.77 bits per heavy atom. The van der Waals surface area contributed by atoms with Crippen LogP contribution in [0.5, 0.6) is 0 Å². The molecule has 2 amide bonds. The highest BCUT2D eigenvalue weighted by Crippen LogP contribution is 2.25. The normalized spacial score (nSPS) is 11.0. The predicted molar refractivity (Wildman–Crippen MR) is 125 cm³/mol. The molecule has 0 aliphatic carbocycles. The summed E-state index contributed by atoms with van der Waals surface area (Å²) in [6.45, 7) is 6.48. The molecule has 0 fully saturated rings. The molecule has 0 spiro atoms. The van der Waals surface area contributed by atoms with E-state index in [1.54, 1.807) is 26.8 Å². The number of amides is 2. The number of aromatic nitrogens is 2. The second-order valence-electron chi connectivity index (χ2n) is 8.43. The fraction of sp³-hybridized carbons (Fsp3) is 0.217. The number of nitrogens with zero attached hydrogens (tertiary/aromatic N) is 3. The average molecular weight is 483 g/mol. The largest absolute Gasteiger partial charge is 0.444 e. The van der Waals surface area contributed by atoms with Crippen molar-refractivity contribution in [1.82, 2.24) is 9.78 Å². The molecule has 0 aliphatic heterocycles. The Hall–Kier alpha value is -4.61. The predicted octanol–water partition coefficient (Wildman–Crippen LogP) is 4.19. The Labute approximate surface area is 198 Å². The van der Waals surface area contributed by atoms with Gasteiger partial charge in [-0.2, -0.15) is 5.10 Å². The van der Waals surface area contributed by atoms with E-state index in [4.69, 9.17) is 4.74 Å². The maximum absolute atomic E-state index is 13.9. The van der Waals surface area contributed by atoms with Crippen LogP contribution in [0.15, 0.2) is 53.3 Å². The van der Waals surface area contributed by atoms with Gasteiger partial charge in [-0.3, -0.25) is 25.0 Å². The Kier molecular flexibility index (Phi) is 6.94. The van der Waals surface area contributed by atoms with Gasteiger partial charge in [0.2, 0.25) is 5.43 Å². The summed E-state index contributed by atoms with van der Waals surface area (Å²) < 4.78 is 20.2. The van der Waals surface area contributed by atoms with Gasteiger partial charge >= 0.3 is 6.09 Å². The van der Waals surface area contributed by atoms with Crippen molar-refractivity contribution >= 4 is 29.1 Å². The van der Waals surface area contributed by atoms with E-state index in [1.807, 2.05) is 0 Å². The summed E-state index contributed by atoms with van der Waals surface area (Å²) in [5, 5.41) is 20.2. The van der Waals surface area contributed by atoms with Crippen molar-refractivity contribution in [2.45, 2.75) is 33.3 Å². The van der Waals surface area contributed by atoms with Crippen LogP contribution in [0.3, 0.4) is 0 Å². The SMILES string of the molecule is Cc1cc(=O)c(C(=O)Nc2cc(F)ccc2NC(=O)OC(C)(C)C)nn1-c1ccccc1[N+](=O)[O-]. The van der Waals surface area contributed by atoms with Gasteiger partial charge in [-0.25, -0.2) is 13.9 Å². The van der Waals surface area contributed by atoms with Gasteiger partial charge < -0.3 is 10.1 Å². The molecule has 0 atom stereocenters. The van der Waals surface area contributed by atoms with Gasteiger partial charge in [0.25, 0.3) is 11.6 Å². The molecule has 0 aliphatic rings. The fourth-order valence-corrected chi connectivity index (χ4v) is 3.07. The summed E-state index contributed by atoms with van der Waals surface area (Å²) in [6, 6.07) is 10.0. The smallest absolute Gasteiger partial charge is 0.412 e. The number of hydrogen-bond acceptors (Lipinski definition) is 7. The Morgan fingerprint density at radius 1 is 1.09 bits per heavy atom. The molecule has 1 heterocycles. The highest BCUT2D eigenvalue weighted by molar-refractivity contribution is 6.05. The minimum atomic E-state index is -1.01. The highest BCUT2D eigenvalue weighted by atomic mass is 19.1. The third-order valence-corrected chi connectivity index (χ3v) is 4.49. The molecule has 3 rings (SSSR count). The number of carbonyl (C=O) groups is 2. The summed E-state index contributed by atoms with van der Waals surface area (Å²) in [5.74, 6) is -1.73. The molecule has 2 N–H and O–H groups in total. The Balaban J connectivity index is 1.98. The lowest BCUT2D eigenvalue weighted by atomic mass is 10.2. The lowest BCUT2D eigenvalue weighted by molar-refractivity contribution is -0.384. The third-order valence-electron chi connectivity index (χ3n) is 4.49. The van der Waals surface area contributed by atoms with Crippen molar-refractivity contribution in [3.63, 3.8) is 0 Å². The van der Waals surface area contributed by atoms with Crippen LogP contribution in [-0.2, 0) is 4.74 Å². The molecule has 0 bridgehead atoms. The number of rotatable bonds is 5. The molecule has 12 heteroatoms. The van der Waals surface area contributed by atoms with Crippen molar-refractivity contribution in [1.29, 1.82) is 0 Å². The van der Waals surface area contributed by atoms with E-state index in [-0.39, 0.29) is 28.4 Å². The van der Waals surface area contributed by atoms with Gasteiger partial charge in [-0.1, -0.05) is 12.1 Å². The summed E-state index contributed by atoms with van der Waals surface area (Å²) in [4.78, 5) is 48.4. The molecular weight excluding hydrogens is 461 g/mol. The molecule has 0 saturated heterocycles. The fourth-order valence-electron chi connectivity index (χ4n) is 3.07. The third kappa shape index (κ3) is 6.05. The number of nitro benzene ring substituents is 1. The molecule has 182 valence electrons. The zero-order valence-corrected chi connectivity index (χ0v) is 19.3. The van der Waals surface area contributed by atoms with Gasteiger partial charge in [0.05, 0.1) is 16.3 Å². The number of carbonyl (C=O) groups excluding carboxylic acids is 2. The van der Waals surface area contributed by atoms with Crippen LogP contribution in [0.2, 0.25) is 0 Å². The van der Waals surface area contributed by atoms with Crippen LogP contribution in [0.25, 0.3) is 5.69 Å². The zero-order valence-electron chi connectivity index (χ0n) is 19.3. The molecule has 1 aromatic heterocycles. The molecule has 35 heavy (non-hydrogen) atoms. The van der Waals surface area contributed by atoms with E-state index in [2.05, 4.69) is 15.7 Å². The maximum atomic E-state index is 13.9. The number of halogens is 1. The first-order valence-electron chi connectivity index (χ1n) is 10.3. The topological polar surface area (TPSA) is 145 Å². The maximum Gasteiger partial charge on any atom is 0.412 e. The number of benzene rings is 2. The molecule has 0 radical (unpaired) electrons. The van der Waals surface area contributed by atoms with Gasteiger partial charge in [-0.05, 0) is 52.0 Å². The quantitative estimate of drug-likeness (QED) is 0.409. The Bertz CT molecular complexity index is 1380. The number of nitrogens with one attached hydrogen (secondary N) is 2. The number of hydrogen-bond donors (Lipinski definition) is 2. The number of nitro groups is 1. The Morgan fingerprint density at radius 3 is 2.43 bits per heavy atom. The van der Waals surface area contributed by atoms with E-state index in [0.717, 1.165) is 22.9 Å². The van der Waals surface area contributed by atoms with Crippen LogP contribution in [-0.4, -0.2) is 32.3 Å². The molecule has 2 aromatic carbocycles. The lowest BCUT2D eigenvalue weighted by Gasteiger charge is -2.20.